The number of aromatic nitrogens is 3. The molecule has 282 valence electrons. The van der Waals surface area contributed by atoms with E-state index in [2.05, 4.69) is 112 Å². The molecule has 3 aromatic heterocycles. The molecule has 2 aliphatic heterocycles. The molecule has 6 nitrogen and oxygen atoms in total. The highest BCUT2D eigenvalue weighted by Gasteiger charge is 2.12. The summed E-state index contributed by atoms with van der Waals surface area (Å²) in [5.41, 5.74) is 16.2. The van der Waals surface area contributed by atoms with Crippen LogP contribution < -0.4 is 4.74 Å². The first-order chi connectivity index (χ1) is 26.5. The summed E-state index contributed by atoms with van der Waals surface area (Å²) in [6.45, 7) is 15.9. The molecule has 55 heavy (non-hydrogen) atoms. The van der Waals surface area contributed by atoms with Crippen molar-refractivity contribution in [3.63, 3.8) is 0 Å². The first kappa shape index (κ1) is 42.0. The molecule has 0 unspecified atom stereocenters. The number of aliphatic imine (C=N–C) groups is 2. The van der Waals surface area contributed by atoms with Gasteiger partial charge in [-0.25, -0.2) is 0 Å². The van der Waals surface area contributed by atoms with Crippen LogP contribution in [0.1, 0.15) is 72.7 Å². The Bertz CT molecular complexity index is 2110. The molecule has 3 aliphatic rings. The largest absolute Gasteiger partial charge is 0.495 e. The van der Waals surface area contributed by atoms with Gasteiger partial charge in [0.15, 0.2) is 0 Å². The Hall–Kier alpha value is -5.72. The maximum atomic E-state index is 5.85. The number of pyridine rings is 3. The SMILES string of the molecule is COc1ccc(C)nc1.Cc1ccc(C)nc1.Cc1ccc2c(c1)CC=C2.Cc1ccc2c(c1)CN=C2.Cc1ccc2c(c1)CN=C2Cl.Cc1ccccn1. The van der Waals surface area contributed by atoms with Crippen molar-refractivity contribution in [1.82, 2.24) is 15.0 Å². The number of methoxy groups -OCH3 is 1. The average Bonchev–Trinajstić information content (AvgIpc) is 3.94. The standard InChI is InChI=1S/C10H10.C9H8ClN.C9H9N.C7H9NO.C7H9N.C6H7N/c1-8-5-6-9-3-2-4-10(9)7-8;1-6-2-3-8-7(4-6)5-11-9(8)10;1-7-2-3-8-5-10-6-9(8)4-7;1-6-3-4-7(9-2)5-8-6;1-6-3-4-7(2)8-5-6;1-6-4-2-3-5-7-6/h2-3,5-7H,4H2,1H3;2-4H,5H2,1H3;2-5H,6H2,1H3;3-5H,1-2H3;3-5H,1-2H3;2-5H,1H3. The molecule has 0 amide bonds. The average molecular weight is 750 g/mol. The van der Waals surface area contributed by atoms with Crippen molar-refractivity contribution in [2.75, 3.05) is 7.11 Å². The van der Waals surface area contributed by atoms with Gasteiger partial charge in [-0.2, -0.15) is 0 Å². The third kappa shape index (κ3) is 14.6. The number of allylic oxidation sites excluding steroid dienone is 1. The summed E-state index contributed by atoms with van der Waals surface area (Å²) in [5.74, 6) is 0.806. The smallest absolute Gasteiger partial charge is 0.137 e. The van der Waals surface area contributed by atoms with Crippen molar-refractivity contribution >= 4 is 29.1 Å². The van der Waals surface area contributed by atoms with E-state index in [9.17, 15) is 0 Å². The lowest BCUT2D eigenvalue weighted by molar-refractivity contribution is 0.412. The number of ether oxygens (including phenoxy) is 1. The minimum Gasteiger partial charge on any atom is -0.495 e. The van der Waals surface area contributed by atoms with Crippen LogP contribution in [0.3, 0.4) is 0 Å². The van der Waals surface area contributed by atoms with Crippen LogP contribution in [0.15, 0.2) is 132 Å². The fourth-order valence-electron chi connectivity index (χ4n) is 5.49. The van der Waals surface area contributed by atoms with Crippen LogP contribution in [0, 0.1) is 48.5 Å². The molecule has 3 aromatic carbocycles. The third-order valence-corrected chi connectivity index (χ3v) is 8.91. The predicted molar refractivity (Wildman–Crippen MR) is 232 cm³/mol. The summed E-state index contributed by atoms with van der Waals surface area (Å²) in [7, 11) is 1.63. The summed E-state index contributed by atoms with van der Waals surface area (Å²) >= 11 is 5.85. The van der Waals surface area contributed by atoms with E-state index in [4.69, 9.17) is 16.3 Å². The maximum Gasteiger partial charge on any atom is 0.137 e. The fraction of sp³-hybridized carbons (Fsp3) is 0.229. The summed E-state index contributed by atoms with van der Waals surface area (Å²) in [5, 5.41) is 0.653. The van der Waals surface area contributed by atoms with Crippen molar-refractivity contribution in [3.8, 4) is 5.75 Å². The van der Waals surface area contributed by atoms with Crippen molar-refractivity contribution in [3.05, 3.63) is 194 Å². The van der Waals surface area contributed by atoms with Gasteiger partial charge in [-0.3, -0.25) is 24.9 Å². The second kappa shape index (κ2) is 21.9. The molecule has 5 heterocycles. The lowest BCUT2D eigenvalue weighted by Crippen LogP contribution is -1.88. The number of nitrogens with zero attached hydrogens (tertiary/aromatic N) is 5. The van der Waals surface area contributed by atoms with E-state index in [-0.39, 0.29) is 0 Å². The summed E-state index contributed by atoms with van der Waals surface area (Å²) in [4.78, 5) is 20.4. The van der Waals surface area contributed by atoms with E-state index < -0.39 is 0 Å². The Morgan fingerprint density at radius 1 is 0.564 bits per heavy atom. The highest BCUT2D eigenvalue weighted by molar-refractivity contribution is 6.70. The number of aryl methyl sites for hydroxylation is 7. The third-order valence-electron chi connectivity index (χ3n) is 8.59. The van der Waals surface area contributed by atoms with Gasteiger partial charge in [0.25, 0.3) is 0 Å². The lowest BCUT2D eigenvalue weighted by Gasteiger charge is -1.98. The van der Waals surface area contributed by atoms with Crippen molar-refractivity contribution in [1.29, 1.82) is 0 Å². The van der Waals surface area contributed by atoms with Crippen LogP contribution in [-0.2, 0) is 19.5 Å². The highest BCUT2D eigenvalue weighted by atomic mass is 35.5. The first-order valence-electron chi connectivity index (χ1n) is 18.4. The monoisotopic (exact) mass is 749 g/mol. The lowest BCUT2D eigenvalue weighted by atomic mass is 10.1. The zero-order valence-electron chi connectivity index (χ0n) is 33.3. The molecule has 0 fully saturated rings. The number of fused-ring (bicyclic) bond motifs is 3. The van der Waals surface area contributed by atoms with Crippen LogP contribution >= 0.6 is 11.6 Å². The van der Waals surface area contributed by atoms with E-state index >= 15 is 0 Å². The van der Waals surface area contributed by atoms with Crippen LogP contribution in [0.2, 0.25) is 0 Å². The van der Waals surface area contributed by atoms with Gasteiger partial charge < -0.3 is 4.74 Å². The van der Waals surface area contributed by atoms with Gasteiger partial charge in [-0.15, -0.1) is 0 Å². The summed E-state index contributed by atoms with van der Waals surface area (Å²) in [6.07, 6.45) is 12.8. The van der Waals surface area contributed by atoms with Gasteiger partial charge in [0, 0.05) is 41.3 Å². The van der Waals surface area contributed by atoms with Crippen molar-refractivity contribution < 1.29 is 4.74 Å². The van der Waals surface area contributed by atoms with Crippen LogP contribution in [0.25, 0.3) is 6.08 Å². The molecule has 1 aliphatic carbocycles. The fourth-order valence-corrected chi connectivity index (χ4v) is 5.73. The quantitative estimate of drug-likeness (QED) is 0.168. The van der Waals surface area contributed by atoms with E-state index in [0.29, 0.717) is 5.17 Å². The van der Waals surface area contributed by atoms with Crippen LogP contribution in [0.5, 0.6) is 5.75 Å². The molecule has 0 saturated heterocycles. The summed E-state index contributed by atoms with van der Waals surface area (Å²) in [6, 6.07) is 33.0. The van der Waals surface area contributed by atoms with Crippen LogP contribution in [0.4, 0.5) is 0 Å². The topological polar surface area (TPSA) is 72.6 Å². The van der Waals surface area contributed by atoms with E-state index in [0.717, 1.165) is 47.9 Å². The Kier molecular flexibility index (Phi) is 16.7. The molecule has 0 radical (unpaired) electrons. The van der Waals surface area contributed by atoms with E-state index in [1.807, 2.05) is 82.6 Å². The Labute approximate surface area is 332 Å². The van der Waals surface area contributed by atoms with Crippen molar-refractivity contribution in [2.24, 2.45) is 9.98 Å². The minimum absolute atomic E-state index is 0.653. The van der Waals surface area contributed by atoms with Gasteiger partial charge in [0.05, 0.1) is 26.4 Å². The molecule has 0 spiro atoms. The second-order valence-corrected chi connectivity index (χ2v) is 13.9. The van der Waals surface area contributed by atoms with Crippen molar-refractivity contribution in [2.45, 2.75) is 68.0 Å². The number of rotatable bonds is 1. The van der Waals surface area contributed by atoms with Gasteiger partial charge in [-0.1, -0.05) is 107 Å². The molecule has 0 saturated carbocycles. The Morgan fingerprint density at radius 3 is 1.76 bits per heavy atom. The van der Waals surface area contributed by atoms with E-state index in [1.165, 1.54) is 50.1 Å². The van der Waals surface area contributed by atoms with Gasteiger partial charge in [-0.05, 0) is 119 Å². The van der Waals surface area contributed by atoms with Gasteiger partial charge in [0.2, 0.25) is 0 Å². The molecular formula is C48H52ClN5O. The van der Waals surface area contributed by atoms with Gasteiger partial charge >= 0.3 is 0 Å². The predicted octanol–water partition coefficient (Wildman–Crippen LogP) is 11.5. The zero-order valence-corrected chi connectivity index (χ0v) is 34.1. The van der Waals surface area contributed by atoms with Gasteiger partial charge in [0.1, 0.15) is 10.9 Å². The molecule has 0 atom stereocenters. The number of hydrogen-bond acceptors (Lipinski definition) is 6. The van der Waals surface area contributed by atoms with E-state index in [1.54, 1.807) is 19.5 Å². The number of benzene rings is 3. The second-order valence-electron chi connectivity index (χ2n) is 13.5. The molecule has 9 rings (SSSR count). The molecule has 6 aromatic rings. The van der Waals surface area contributed by atoms with Crippen LogP contribution in [-0.4, -0.2) is 33.4 Å². The number of hydrogen-bond donors (Lipinski definition) is 0. The molecule has 0 N–H and O–H groups in total. The Balaban J connectivity index is 0.000000148. The zero-order chi connectivity index (χ0) is 39.6. The minimum atomic E-state index is 0.653. The maximum absolute atomic E-state index is 5.85. The first-order valence-corrected chi connectivity index (χ1v) is 18.8. The molecule has 7 heteroatoms. The highest BCUT2D eigenvalue weighted by Crippen LogP contribution is 2.22. The normalized spacial score (nSPS) is 11.8. The molecular weight excluding hydrogens is 698 g/mol. The molecule has 0 bridgehead atoms. The number of halogens is 1. The Morgan fingerprint density at radius 2 is 1.18 bits per heavy atom. The summed E-state index contributed by atoms with van der Waals surface area (Å²) < 4.78 is 4.91.